The van der Waals surface area contributed by atoms with E-state index >= 15 is 0 Å². The maximum atomic E-state index is 12.6. The van der Waals surface area contributed by atoms with E-state index in [1.54, 1.807) is 25.4 Å². The van der Waals surface area contributed by atoms with E-state index in [4.69, 9.17) is 4.74 Å². The summed E-state index contributed by atoms with van der Waals surface area (Å²) < 4.78 is 4.95. The molecule has 9 heteroatoms. The second-order valence-corrected chi connectivity index (χ2v) is 7.13. The Morgan fingerprint density at radius 1 is 1.27 bits per heavy atom. The Labute approximate surface area is 175 Å². The first-order chi connectivity index (χ1) is 14.6. The molecule has 1 saturated heterocycles. The number of benzene rings is 1. The molecular formula is C21H27N5O4. The van der Waals surface area contributed by atoms with Gasteiger partial charge in [0.15, 0.2) is 0 Å². The number of amides is 1. The average Bonchev–Trinajstić information content (AvgIpc) is 2.78. The average molecular weight is 413 g/mol. The maximum absolute atomic E-state index is 12.6. The monoisotopic (exact) mass is 413 g/mol. The lowest BCUT2D eigenvalue weighted by Crippen LogP contribution is -2.32. The first-order valence-corrected chi connectivity index (χ1v) is 10.1. The number of anilines is 2. The van der Waals surface area contributed by atoms with Crippen molar-refractivity contribution in [2.75, 3.05) is 43.6 Å². The smallest absolute Gasteiger partial charge is 0.293 e. The molecule has 2 heterocycles. The van der Waals surface area contributed by atoms with Crippen LogP contribution in [0.25, 0.3) is 0 Å². The normalized spacial score (nSPS) is 13.7. The Morgan fingerprint density at radius 2 is 2.07 bits per heavy atom. The van der Waals surface area contributed by atoms with Gasteiger partial charge in [-0.1, -0.05) is 6.07 Å². The van der Waals surface area contributed by atoms with Crippen molar-refractivity contribution in [1.82, 2.24) is 10.3 Å². The van der Waals surface area contributed by atoms with Crippen LogP contribution in [0.2, 0.25) is 0 Å². The van der Waals surface area contributed by atoms with Gasteiger partial charge in [-0.25, -0.2) is 4.98 Å². The number of carbonyl (C=O) groups excluding carboxylic acids is 1. The molecule has 30 heavy (non-hydrogen) atoms. The molecule has 1 aliphatic rings. The van der Waals surface area contributed by atoms with Crippen LogP contribution < -0.4 is 15.5 Å². The third-order valence-corrected chi connectivity index (χ3v) is 5.04. The topological polar surface area (TPSA) is 110 Å². The molecule has 0 saturated carbocycles. The molecule has 2 aromatic rings. The van der Waals surface area contributed by atoms with Crippen molar-refractivity contribution >= 4 is 23.1 Å². The number of nitrogens with one attached hydrogen (secondary N) is 2. The number of nitro groups is 1. The van der Waals surface area contributed by atoms with E-state index < -0.39 is 4.92 Å². The van der Waals surface area contributed by atoms with Gasteiger partial charge in [-0.05, 0) is 37.5 Å². The van der Waals surface area contributed by atoms with Crippen LogP contribution in [0.3, 0.4) is 0 Å². The number of ether oxygens (including phenoxy) is 1. The predicted molar refractivity (Wildman–Crippen MR) is 115 cm³/mol. The molecule has 160 valence electrons. The zero-order valence-corrected chi connectivity index (χ0v) is 17.1. The summed E-state index contributed by atoms with van der Waals surface area (Å²) in [7, 11) is 1.56. The van der Waals surface area contributed by atoms with Gasteiger partial charge in [0.25, 0.3) is 11.6 Å². The summed E-state index contributed by atoms with van der Waals surface area (Å²) in [6.45, 7) is 3.08. The Bertz CT molecular complexity index is 883. The number of nitrogens with zero attached hydrogens (tertiary/aromatic N) is 3. The van der Waals surface area contributed by atoms with Crippen LogP contribution in [0.5, 0.6) is 0 Å². The van der Waals surface area contributed by atoms with Crippen LogP contribution in [0.4, 0.5) is 17.2 Å². The number of carbonyl (C=O) groups is 1. The van der Waals surface area contributed by atoms with E-state index in [1.165, 1.54) is 12.5 Å². The van der Waals surface area contributed by atoms with E-state index in [-0.39, 0.29) is 17.2 Å². The minimum Gasteiger partial charge on any atom is -0.383 e. The Balaban J connectivity index is 1.69. The molecule has 0 radical (unpaired) electrons. The zero-order valence-electron chi connectivity index (χ0n) is 17.1. The maximum Gasteiger partial charge on any atom is 0.293 e. The summed E-state index contributed by atoms with van der Waals surface area (Å²) in [5.74, 6) is 0.524. The van der Waals surface area contributed by atoms with Crippen LogP contribution in [-0.4, -0.2) is 49.2 Å². The van der Waals surface area contributed by atoms with Crippen molar-refractivity contribution in [1.29, 1.82) is 0 Å². The van der Waals surface area contributed by atoms with Crippen LogP contribution in [0.1, 0.15) is 35.2 Å². The number of hydrogen-bond acceptors (Lipinski definition) is 7. The fraction of sp³-hybridized carbons (Fsp3) is 0.429. The van der Waals surface area contributed by atoms with E-state index in [0.29, 0.717) is 25.4 Å². The molecule has 0 bridgehead atoms. The number of nitro benzene ring substituents is 1. The van der Waals surface area contributed by atoms with Crippen LogP contribution >= 0.6 is 0 Å². The number of aromatic nitrogens is 1. The number of rotatable bonds is 9. The molecule has 1 aliphatic heterocycles. The second-order valence-electron chi connectivity index (χ2n) is 7.13. The highest BCUT2D eigenvalue weighted by Gasteiger charge is 2.19. The number of pyridine rings is 1. The molecule has 0 atom stereocenters. The summed E-state index contributed by atoms with van der Waals surface area (Å²) in [5.41, 5.74) is 1.38. The van der Waals surface area contributed by atoms with Gasteiger partial charge in [0.1, 0.15) is 11.5 Å². The standard InChI is InChI=1S/C21H27N5O4/c1-30-13-10-22-18-8-7-16(14-19(18)26(28)29)21(27)24-15-17-6-5-9-23-20(17)25-11-3-2-4-12-25/h5-9,14,22H,2-4,10-13,15H2,1H3,(H,24,27). The van der Waals surface area contributed by atoms with Crippen LogP contribution in [0.15, 0.2) is 36.5 Å². The highest BCUT2D eigenvalue weighted by molar-refractivity contribution is 5.95. The lowest BCUT2D eigenvalue weighted by Gasteiger charge is -2.29. The van der Waals surface area contributed by atoms with E-state index in [9.17, 15) is 14.9 Å². The van der Waals surface area contributed by atoms with Crippen molar-refractivity contribution in [3.05, 3.63) is 57.8 Å². The first-order valence-electron chi connectivity index (χ1n) is 10.1. The third kappa shape index (κ3) is 5.44. The highest BCUT2D eigenvalue weighted by atomic mass is 16.6. The van der Waals surface area contributed by atoms with Crippen LogP contribution in [0, 0.1) is 10.1 Å². The lowest BCUT2D eigenvalue weighted by atomic mass is 10.1. The summed E-state index contributed by atoms with van der Waals surface area (Å²) in [6.07, 6.45) is 5.26. The minimum absolute atomic E-state index is 0.144. The molecule has 1 amide bonds. The molecule has 1 aromatic heterocycles. The Kier molecular flexibility index (Phi) is 7.56. The van der Waals surface area contributed by atoms with Crippen LogP contribution in [-0.2, 0) is 11.3 Å². The fourth-order valence-corrected chi connectivity index (χ4v) is 3.50. The van der Waals surface area contributed by atoms with Crippen molar-refractivity contribution in [2.24, 2.45) is 0 Å². The Hall–Kier alpha value is -3.20. The van der Waals surface area contributed by atoms with E-state index in [1.807, 2.05) is 12.1 Å². The number of hydrogen-bond donors (Lipinski definition) is 2. The van der Waals surface area contributed by atoms with Gasteiger partial charge in [0.05, 0.1) is 11.5 Å². The third-order valence-electron chi connectivity index (χ3n) is 5.04. The van der Waals surface area contributed by atoms with Crippen molar-refractivity contribution in [3.63, 3.8) is 0 Å². The molecule has 9 nitrogen and oxygen atoms in total. The van der Waals surface area contributed by atoms with Gasteiger partial charge in [-0.3, -0.25) is 14.9 Å². The van der Waals surface area contributed by atoms with Gasteiger partial charge in [-0.2, -0.15) is 0 Å². The van der Waals surface area contributed by atoms with Crippen molar-refractivity contribution in [2.45, 2.75) is 25.8 Å². The van der Waals surface area contributed by atoms with Gasteiger partial charge in [0.2, 0.25) is 0 Å². The predicted octanol–water partition coefficient (Wildman–Crippen LogP) is 2.97. The molecule has 2 N–H and O–H groups in total. The molecular weight excluding hydrogens is 386 g/mol. The summed E-state index contributed by atoms with van der Waals surface area (Å²) in [6, 6.07) is 8.21. The highest BCUT2D eigenvalue weighted by Crippen LogP contribution is 2.26. The number of piperidine rings is 1. The molecule has 1 aromatic carbocycles. The zero-order chi connectivity index (χ0) is 21.3. The van der Waals surface area contributed by atoms with E-state index in [0.717, 1.165) is 37.3 Å². The molecule has 0 aliphatic carbocycles. The molecule has 3 rings (SSSR count). The summed E-state index contributed by atoms with van der Waals surface area (Å²) >= 11 is 0. The minimum atomic E-state index is -0.499. The largest absolute Gasteiger partial charge is 0.383 e. The SMILES string of the molecule is COCCNc1ccc(C(=O)NCc2cccnc2N2CCCCC2)cc1[N+](=O)[O-]. The second kappa shape index (κ2) is 10.5. The summed E-state index contributed by atoms with van der Waals surface area (Å²) in [4.78, 5) is 30.3. The molecule has 0 spiro atoms. The summed E-state index contributed by atoms with van der Waals surface area (Å²) in [5, 5.41) is 17.2. The molecule has 0 unspecified atom stereocenters. The quantitative estimate of drug-likeness (QED) is 0.369. The Morgan fingerprint density at radius 3 is 2.80 bits per heavy atom. The molecule has 1 fully saturated rings. The van der Waals surface area contributed by atoms with Gasteiger partial charge in [-0.15, -0.1) is 0 Å². The van der Waals surface area contributed by atoms with Gasteiger partial charge < -0.3 is 20.3 Å². The lowest BCUT2D eigenvalue weighted by molar-refractivity contribution is -0.384. The fourth-order valence-electron chi connectivity index (χ4n) is 3.50. The van der Waals surface area contributed by atoms with Gasteiger partial charge >= 0.3 is 0 Å². The first kappa shape index (κ1) is 21.5. The van der Waals surface area contributed by atoms with Crippen molar-refractivity contribution in [3.8, 4) is 0 Å². The van der Waals surface area contributed by atoms with E-state index in [2.05, 4.69) is 20.5 Å². The van der Waals surface area contributed by atoms with Gasteiger partial charge in [0, 0.05) is 56.7 Å². The number of methoxy groups -OCH3 is 1. The van der Waals surface area contributed by atoms with Crippen molar-refractivity contribution < 1.29 is 14.5 Å².